The van der Waals surface area contributed by atoms with Crippen LogP contribution in [-0.4, -0.2) is 55.2 Å². The summed E-state index contributed by atoms with van der Waals surface area (Å²) in [4.78, 5) is 2.56. The molecule has 0 N–H and O–H groups in total. The van der Waals surface area contributed by atoms with Crippen LogP contribution in [0.25, 0.3) is 0 Å². The van der Waals surface area contributed by atoms with Gasteiger partial charge in [0.15, 0.2) is 5.79 Å². The van der Waals surface area contributed by atoms with Crippen molar-refractivity contribution >= 4 is 0 Å². The molecule has 1 saturated carbocycles. The predicted octanol–water partition coefficient (Wildman–Crippen LogP) is 5.00. The van der Waals surface area contributed by atoms with Gasteiger partial charge in [-0.25, -0.2) is 0 Å². The van der Waals surface area contributed by atoms with Crippen LogP contribution in [0.4, 0.5) is 0 Å². The van der Waals surface area contributed by atoms with Crippen LogP contribution in [0, 0.1) is 11.3 Å². The fraction of sp³-hybridized carbons (Fsp3) is 1.00. The Hall–Kier alpha value is -0.160. The highest BCUT2D eigenvalue weighted by Gasteiger charge is 2.46. The van der Waals surface area contributed by atoms with E-state index in [9.17, 15) is 0 Å². The van der Waals surface area contributed by atoms with Gasteiger partial charge >= 0.3 is 0 Å². The van der Waals surface area contributed by atoms with E-state index in [-0.39, 0.29) is 5.79 Å². The molecular formula is C23H43NO3. The summed E-state index contributed by atoms with van der Waals surface area (Å²) in [6.07, 6.45) is 10.6. The molecule has 0 amide bonds. The quantitative estimate of drug-likeness (QED) is 0.580. The molecule has 3 atom stereocenters. The summed E-state index contributed by atoms with van der Waals surface area (Å²) >= 11 is 0. The molecule has 4 nitrogen and oxygen atoms in total. The van der Waals surface area contributed by atoms with Crippen molar-refractivity contribution in [2.45, 2.75) is 110 Å². The van der Waals surface area contributed by atoms with Gasteiger partial charge < -0.3 is 14.2 Å². The van der Waals surface area contributed by atoms with Crippen LogP contribution in [0.3, 0.4) is 0 Å². The maximum Gasteiger partial charge on any atom is 0.168 e. The summed E-state index contributed by atoms with van der Waals surface area (Å²) < 4.78 is 18.5. The molecule has 3 aliphatic rings. The van der Waals surface area contributed by atoms with Gasteiger partial charge in [0, 0.05) is 25.9 Å². The average Bonchev–Trinajstić information content (AvgIpc) is 3.01. The Morgan fingerprint density at radius 2 is 1.70 bits per heavy atom. The zero-order chi connectivity index (χ0) is 19.5. The van der Waals surface area contributed by atoms with Crippen molar-refractivity contribution in [2.24, 2.45) is 11.3 Å². The summed E-state index contributed by atoms with van der Waals surface area (Å²) in [5.74, 6) is 0.567. The fourth-order valence-electron chi connectivity index (χ4n) is 5.32. The minimum absolute atomic E-state index is 0.250. The summed E-state index contributed by atoms with van der Waals surface area (Å²) in [6, 6.07) is 0. The van der Waals surface area contributed by atoms with E-state index in [0.29, 0.717) is 23.7 Å². The molecule has 0 aromatic heterocycles. The van der Waals surface area contributed by atoms with Crippen LogP contribution in [-0.2, 0) is 14.2 Å². The highest BCUT2D eigenvalue weighted by molar-refractivity contribution is 4.89. The lowest BCUT2D eigenvalue weighted by atomic mass is 9.68. The second-order valence-corrected chi connectivity index (χ2v) is 10.1. The molecule has 0 bridgehead atoms. The number of rotatable bonds is 7. The molecule has 2 aliphatic heterocycles. The Morgan fingerprint density at radius 1 is 1.04 bits per heavy atom. The van der Waals surface area contributed by atoms with Crippen LogP contribution >= 0.6 is 0 Å². The van der Waals surface area contributed by atoms with E-state index in [2.05, 4.69) is 39.5 Å². The Morgan fingerprint density at radius 3 is 2.33 bits per heavy atom. The third kappa shape index (κ3) is 5.68. The summed E-state index contributed by atoms with van der Waals surface area (Å²) in [6.45, 7) is 15.7. The van der Waals surface area contributed by atoms with E-state index in [4.69, 9.17) is 14.2 Å². The first-order chi connectivity index (χ1) is 12.8. The molecule has 0 aromatic carbocycles. The lowest BCUT2D eigenvalue weighted by Gasteiger charge is -2.42. The van der Waals surface area contributed by atoms with Gasteiger partial charge in [0.05, 0.1) is 24.9 Å². The Kier molecular flexibility index (Phi) is 7.27. The third-order valence-electron chi connectivity index (χ3n) is 7.42. The lowest BCUT2D eigenvalue weighted by molar-refractivity contribution is -0.197. The number of nitrogens with zero attached hydrogens (tertiary/aromatic N) is 1. The smallest absolute Gasteiger partial charge is 0.168 e. The van der Waals surface area contributed by atoms with Gasteiger partial charge in [-0.05, 0) is 63.8 Å². The Bertz CT molecular complexity index is 449. The van der Waals surface area contributed by atoms with Crippen molar-refractivity contribution in [1.82, 2.24) is 4.90 Å². The largest absolute Gasteiger partial charge is 0.373 e. The lowest BCUT2D eigenvalue weighted by Crippen LogP contribution is -2.45. The number of ether oxygens (including phenoxy) is 3. The number of hydrogen-bond donors (Lipinski definition) is 0. The van der Waals surface area contributed by atoms with E-state index in [1.54, 1.807) is 0 Å². The number of morpholine rings is 1. The van der Waals surface area contributed by atoms with Gasteiger partial charge in [-0.2, -0.15) is 0 Å². The van der Waals surface area contributed by atoms with Crippen LogP contribution in [0.1, 0.15) is 86.0 Å². The molecule has 2 saturated heterocycles. The van der Waals surface area contributed by atoms with Gasteiger partial charge in [-0.1, -0.05) is 27.2 Å². The predicted molar refractivity (Wildman–Crippen MR) is 110 cm³/mol. The van der Waals surface area contributed by atoms with E-state index in [0.717, 1.165) is 44.9 Å². The van der Waals surface area contributed by atoms with Crippen molar-refractivity contribution in [3.05, 3.63) is 0 Å². The zero-order valence-electron chi connectivity index (χ0n) is 18.5. The maximum absolute atomic E-state index is 6.45. The monoisotopic (exact) mass is 381 g/mol. The van der Waals surface area contributed by atoms with Crippen molar-refractivity contribution in [3.8, 4) is 0 Å². The standard InChI is InChI=1S/C23H43NO3/c1-6-22(4,5)20-10-12-23(13-11-20)25-17-21(27-23)9-7-8-14-24-15-18(2)26-19(3)16-24/h18-21H,6-17H2,1-5H3. The highest BCUT2D eigenvalue weighted by atomic mass is 16.7. The minimum Gasteiger partial charge on any atom is -0.373 e. The molecule has 27 heavy (non-hydrogen) atoms. The molecule has 3 rings (SSSR count). The first kappa shape index (κ1) is 21.5. The van der Waals surface area contributed by atoms with Crippen LogP contribution in [0.15, 0.2) is 0 Å². The normalized spacial score (nSPS) is 38.6. The van der Waals surface area contributed by atoms with E-state index in [1.165, 1.54) is 38.6 Å². The molecule has 0 radical (unpaired) electrons. The average molecular weight is 382 g/mol. The number of unbranched alkanes of at least 4 members (excludes halogenated alkanes) is 1. The van der Waals surface area contributed by atoms with Crippen molar-refractivity contribution in [1.29, 1.82) is 0 Å². The number of hydrogen-bond acceptors (Lipinski definition) is 4. The second-order valence-electron chi connectivity index (χ2n) is 10.1. The molecule has 0 aromatic rings. The van der Waals surface area contributed by atoms with E-state index >= 15 is 0 Å². The Balaban J connectivity index is 1.33. The molecule has 2 heterocycles. The SMILES string of the molecule is CCC(C)(C)C1CCC2(CC1)OCC(CCCCN1CC(C)OC(C)C1)O2. The van der Waals surface area contributed by atoms with Gasteiger partial charge in [0.25, 0.3) is 0 Å². The molecule has 4 heteroatoms. The van der Waals surface area contributed by atoms with E-state index in [1.807, 2.05) is 0 Å². The zero-order valence-corrected chi connectivity index (χ0v) is 18.5. The molecule has 158 valence electrons. The summed E-state index contributed by atoms with van der Waals surface area (Å²) in [5.41, 5.74) is 0.452. The van der Waals surface area contributed by atoms with Crippen molar-refractivity contribution in [3.63, 3.8) is 0 Å². The van der Waals surface area contributed by atoms with Gasteiger partial charge in [0.1, 0.15) is 0 Å². The maximum atomic E-state index is 6.45. The van der Waals surface area contributed by atoms with Gasteiger partial charge in [-0.15, -0.1) is 0 Å². The van der Waals surface area contributed by atoms with Crippen molar-refractivity contribution in [2.75, 3.05) is 26.2 Å². The summed E-state index contributed by atoms with van der Waals surface area (Å²) in [5, 5.41) is 0. The van der Waals surface area contributed by atoms with Crippen LogP contribution in [0.2, 0.25) is 0 Å². The third-order valence-corrected chi connectivity index (χ3v) is 7.42. The van der Waals surface area contributed by atoms with Crippen molar-refractivity contribution < 1.29 is 14.2 Å². The molecular weight excluding hydrogens is 338 g/mol. The van der Waals surface area contributed by atoms with Gasteiger partial charge in [0.2, 0.25) is 0 Å². The first-order valence-electron chi connectivity index (χ1n) is 11.5. The summed E-state index contributed by atoms with van der Waals surface area (Å²) in [7, 11) is 0. The molecule has 1 aliphatic carbocycles. The van der Waals surface area contributed by atoms with Gasteiger partial charge in [-0.3, -0.25) is 4.90 Å². The Labute approximate surface area is 167 Å². The van der Waals surface area contributed by atoms with Crippen LogP contribution in [0.5, 0.6) is 0 Å². The van der Waals surface area contributed by atoms with Crippen LogP contribution < -0.4 is 0 Å². The minimum atomic E-state index is -0.250. The highest BCUT2D eigenvalue weighted by Crippen LogP contribution is 2.47. The fourth-order valence-corrected chi connectivity index (χ4v) is 5.32. The molecule has 3 unspecified atom stereocenters. The molecule has 3 fully saturated rings. The topological polar surface area (TPSA) is 30.9 Å². The van der Waals surface area contributed by atoms with E-state index < -0.39 is 0 Å². The second kappa shape index (κ2) is 9.11. The molecule has 1 spiro atoms. The first-order valence-corrected chi connectivity index (χ1v) is 11.5.